The van der Waals surface area contributed by atoms with Crippen LogP contribution in [0.2, 0.25) is 0 Å². The van der Waals surface area contributed by atoms with Crippen LogP contribution in [-0.2, 0) is 19.6 Å². The fourth-order valence-corrected chi connectivity index (χ4v) is 4.13. The summed E-state index contributed by atoms with van der Waals surface area (Å²) in [5.41, 5.74) is 3.93. The van der Waals surface area contributed by atoms with Crippen molar-refractivity contribution in [2.45, 2.75) is 45.6 Å². The van der Waals surface area contributed by atoms with Gasteiger partial charge in [-0.3, -0.25) is 9.59 Å². The average molecular weight is 484 g/mol. The van der Waals surface area contributed by atoms with Crippen molar-refractivity contribution >= 4 is 39.0 Å². The Hall–Kier alpha value is -3.86. The lowest BCUT2D eigenvalue weighted by atomic mass is 10.1. The van der Waals surface area contributed by atoms with E-state index in [0.29, 0.717) is 16.9 Å². The van der Waals surface area contributed by atoms with E-state index in [1.165, 1.54) is 31.2 Å². The summed E-state index contributed by atoms with van der Waals surface area (Å²) < 4.78 is 32.5. The summed E-state index contributed by atoms with van der Waals surface area (Å²) in [4.78, 5) is 24.6. The summed E-state index contributed by atoms with van der Waals surface area (Å²) in [5, 5.41) is 14.2. The highest BCUT2D eigenvalue weighted by Gasteiger charge is 2.23. The topological polar surface area (TPSA) is 143 Å². The molecule has 34 heavy (non-hydrogen) atoms. The third-order valence-electron chi connectivity index (χ3n) is 4.94. The van der Waals surface area contributed by atoms with E-state index in [4.69, 9.17) is 4.52 Å². The Bertz CT molecular complexity index is 1340. The smallest absolute Gasteiger partial charge is 0.264 e. The summed E-state index contributed by atoms with van der Waals surface area (Å²) in [5.74, 6) is -1.05. The van der Waals surface area contributed by atoms with Gasteiger partial charge in [0.1, 0.15) is 0 Å². The number of carbonyl (C=O) groups excluding carboxylic acids is 2. The molecule has 0 fully saturated rings. The minimum absolute atomic E-state index is 0.0319. The zero-order chi connectivity index (χ0) is 25.0. The van der Waals surface area contributed by atoms with E-state index in [9.17, 15) is 18.0 Å². The zero-order valence-electron chi connectivity index (χ0n) is 19.4. The third-order valence-corrected chi connectivity index (χ3v) is 6.29. The molecular formula is C23H25N5O5S. The first-order valence-corrected chi connectivity index (χ1v) is 11.8. The average Bonchev–Trinajstić information content (AvgIpc) is 3.05. The number of ketones is 1. The molecule has 0 aliphatic rings. The molecule has 1 amide bonds. The summed E-state index contributed by atoms with van der Waals surface area (Å²) in [6.07, 6.45) is 0. The van der Waals surface area contributed by atoms with Crippen LogP contribution in [0.3, 0.4) is 0 Å². The van der Waals surface area contributed by atoms with Gasteiger partial charge in [0.15, 0.2) is 5.78 Å². The van der Waals surface area contributed by atoms with E-state index >= 15 is 0 Å². The molecule has 0 radical (unpaired) electrons. The van der Waals surface area contributed by atoms with Gasteiger partial charge in [-0.15, -0.1) is 0 Å². The normalized spacial score (nSPS) is 12.5. The first-order valence-electron chi connectivity index (χ1n) is 10.3. The van der Waals surface area contributed by atoms with Crippen molar-refractivity contribution in [3.8, 4) is 0 Å². The predicted octanol–water partition coefficient (Wildman–Crippen LogP) is 4.39. The monoisotopic (exact) mass is 483 g/mol. The van der Waals surface area contributed by atoms with Crippen molar-refractivity contribution in [1.82, 2.24) is 5.16 Å². The lowest BCUT2D eigenvalue weighted by Gasteiger charge is -2.11. The van der Waals surface area contributed by atoms with Crippen molar-refractivity contribution in [2.75, 3.05) is 10.0 Å². The number of benzene rings is 2. The maximum Gasteiger partial charge on any atom is 0.264 e. The van der Waals surface area contributed by atoms with Crippen molar-refractivity contribution in [1.29, 1.82) is 0 Å². The summed E-state index contributed by atoms with van der Waals surface area (Å²) in [7, 11) is -3.91. The zero-order valence-corrected chi connectivity index (χ0v) is 20.2. The van der Waals surface area contributed by atoms with Gasteiger partial charge in [0.2, 0.25) is 11.9 Å². The molecule has 178 valence electrons. The molecule has 3 rings (SSSR count). The van der Waals surface area contributed by atoms with E-state index < -0.39 is 27.8 Å². The highest BCUT2D eigenvalue weighted by molar-refractivity contribution is 7.92. The number of aryl methyl sites for hydroxylation is 3. The Labute approximate surface area is 197 Å². The van der Waals surface area contributed by atoms with Crippen molar-refractivity contribution in [3.05, 3.63) is 64.8 Å². The molecule has 1 heterocycles. The molecule has 0 aliphatic carbocycles. The molecular weight excluding hydrogens is 458 g/mol. The largest absolute Gasteiger partial charge is 0.337 e. The number of carbonyl (C=O) groups is 2. The predicted molar refractivity (Wildman–Crippen MR) is 127 cm³/mol. The highest BCUT2D eigenvalue weighted by atomic mass is 32.2. The fraction of sp³-hybridized carbons (Fsp3) is 0.261. The first-order chi connectivity index (χ1) is 16.0. The van der Waals surface area contributed by atoms with Crippen LogP contribution < -0.4 is 10.0 Å². The molecule has 0 saturated carbocycles. The Morgan fingerprint density at radius 1 is 1.00 bits per heavy atom. The van der Waals surface area contributed by atoms with Crippen LogP contribution in [-0.4, -0.2) is 31.3 Å². The quantitative estimate of drug-likeness (QED) is 0.359. The number of Topliss-reactive ketones (excluding diaryl/α,β-unsaturated/α-hetero) is 1. The van der Waals surface area contributed by atoms with Gasteiger partial charge in [0.05, 0.1) is 16.3 Å². The lowest BCUT2D eigenvalue weighted by molar-refractivity contribution is -0.126. The van der Waals surface area contributed by atoms with E-state index in [-0.39, 0.29) is 16.5 Å². The second kappa shape index (κ2) is 9.96. The van der Waals surface area contributed by atoms with Crippen LogP contribution in [0.15, 0.2) is 62.1 Å². The van der Waals surface area contributed by atoms with Crippen LogP contribution in [0.5, 0.6) is 0 Å². The van der Waals surface area contributed by atoms with Gasteiger partial charge in [0, 0.05) is 11.3 Å². The van der Waals surface area contributed by atoms with Gasteiger partial charge >= 0.3 is 0 Å². The standard InChI is InChI=1S/C23H25N5O5S/c1-13-10-14(2)12-19(11-13)24-22(30)21(17(5)29)26-25-18-6-8-20(9-7-18)34(31,32)28-23-15(3)16(4)27-33-23/h6-12,21,28H,1-5H3,(H,24,30)/t21-/m1/s1. The summed E-state index contributed by atoms with van der Waals surface area (Å²) in [6, 6.07) is 9.67. The molecule has 1 atom stereocenters. The molecule has 1 aromatic heterocycles. The summed E-state index contributed by atoms with van der Waals surface area (Å²) in [6.45, 7) is 8.44. The van der Waals surface area contributed by atoms with Crippen LogP contribution >= 0.6 is 0 Å². The van der Waals surface area contributed by atoms with E-state index in [1.807, 2.05) is 19.9 Å². The maximum atomic E-state index is 12.6. The Morgan fingerprint density at radius 2 is 1.62 bits per heavy atom. The van der Waals surface area contributed by atoms with Crippen LogP contribution in [0, 0.1) is 27.7 Å². The van der Waals surface area contributed by atoms with Gasteiger partial charge < -0.3 is 9.84 Å². The number of hydrogen-bond acceptors (Lipinski definition) is 8. The SMILES string of the molecule is CC(=O)[C@@H](N=Nc1ccc(S(=O)(=O)Nc2onc(C)c2C)cc1)C(=O)Nc1cc(C)cc(C)c1. The molecule has 0 bridgehead atoms. The van der Waals surface area contributed by atoms with Gasteiger partial charge in [-0.25, -0.2) is 13.1 Å². The Balaban J connectivity index is 1.73. The first kappa shape index (κ1) is 24.8. The summed E-state index contributed by atoms with van der Waals surface area (Å²) >= 11 is 0. The molecule has 11 heteroatoms. The number of azo groups is 1. The van der Waals surface area contributed by atoms with Gasteiger partial charge in [-0.05, 0) is 82.1 Å². The Kier molecular flexibility index (Phi) is 7.26. The minimum atomic E-state index is -3.91. The number of sulfonamides is 1. The van der Waals surface area contributed by atoms with E-state index in [2.05, 4.69) is 25.4 Å². The molecule has 10 nitrogen and oxygen atoms in total. The third kappa shape index (κ3) is 5.93. The van der Waals surface area contributed by atoms with Crippen molar-refractivity contribution in [2.24, 2.45) is 10.2 Å². The van der Waals surface area contributed by atoms with E-state index in [1.54, 1.807) is 26.0 Å². The molecule has 2 aromatic carbocycles. The number of hydrogen-bond donors (Lipinski definition) is 2. The molecule has 2 N–H and O–H groups in total. The molecule has 0 aliphatic heterocycles. The number of nitrogens with zero attached hydrogens (tertiary/aromatic N) is 3. The van der Waals surface area contributed by atoms with Crippen LogP contribution in [0.4, 0.5) is 17.3 Å². The fourth-order valence-electron chi connectivity index (χ4n) is 3.08. The molecule has 0 unspecified atom stereocenters. The number of rotatable bonds is 8. The number of aromatic nitrogens is 1. The van der Waals surface area contributed by atoms with E-state index in [0.717, 1.165) is 11.1 Å². The van der Waals surface area contributed by atoms with Crippen LogP contribution in [0.1, 0.15) is 29.3 Å². The number of anilines is 2. The number of nitrogens with one attached hydrogen (secondary N) is 2. The Morgan fingerprint density at radius 3 is 2.15 bits per heavy atom. The molecule has 0 saturated heterocycles. The van der Waals surface area contributed by atoms with Gasteiger partial charge in [-0.1, -0.05) is 11.2 Å². The van der Waals surface area contributed by atoms with Crippen molar-refractivity contribution < 1.29 is 22.5 Å². The molecule has 0 spiro atoms. The second-order valence-corrected chi connectivity index (χ2v) is 9.60. The minimum Gasteiger partial charge on any atom is -0.337 e. The van der Waals surface area contributed by atoms with Gasteiger partial charge in [0.25, 0.3) is 15.9 Å². The lowest BCUT2D eigenvalue weighted by Crippen LogP contribution is -2.31. The van der Waals surface area contributed by atoms with Crippen LogP contribution in [0.25, 0.3) is 0 Å². The van der Waals surface area contributed by atoms with Gasteiger partial charge in [-0.2, -0.15) is 10.2 Å². The van der Waals surface area contributed by atoms with Crippen molar-refractivity contribution in [3.63, 3.8) is 0 Å². The molecule has 3 aromatic rings. The highest BCUT2D eigenvalue weighted by Crippen LogP contribution is 2.23. The second-order valence-electron chi connectivity index (χ2n) is 7.92. The number of amides is 1. The maximum absolute atomic E-state index is 12.6.